The normalized spacial score (nSPS) is 26.3. The largest absolute Gasteiger partial charge is 0.387 e. The van der Waals surface area contributed by atoms with Gasteiger partial charge in [0.15, 0.2) is 0 Å². The number of aliphatic hydroxyl groups is 1. The molecular formula is C15H24N2O2. The number of β-amino-alcohol motifs (C(OH)–C–C–N with tert-alkyl or cyclic N) is 1. The van der Waals surface area contributed by atoms with Crippen molar-refractivity contribution < 1.29 is 9.84 Å². The Morgan fingerprint density at radius 3 is 2.37 bits per heavy atom. The van der Waals surface area contributed by atoms with E-state index in [0.717, 1.165) is 24.2 Å². The number of nitrogens with two attached hydrogens (primary N) is 1. The van der Waals surface area contributed by atoms with E-state index in [1.54, 1.807) is 0 Å². The zero-order chi connectivity index (χ0) is 13.8. The summed E-state index contributed by atoms with van der Waals surface area (Å²) in [7, 11) is 0. The van der Waals surface area contributed by atoms with Crippen LogP contribution in [0.1, 0.15) is 31.1 Å². The molecule has 1 heterocycles. The standard InChI is InChI=1S/C15H24N2O2/c1-11-8-17(9-12(2)19-11)10-15(18)14-5-3-13(7-16)4-6-14/h3-6,11-12,15,18H,7-10,16H2,1-2H3/t11-,12+,15?. The van der Waals surface area contributed by atoms with E-state index in [2.05, 4.69) is 18.7 Å². The highest BCUT2D eigenvalue weighted by Gasteiger charge is 2.24. The molecule has 0 spiro atoms. The van der Waals surface area contributed by atoms with Gasteiger partial charge < -0.3 is 15.6 Å². The van der Waals surface area contributed by atoms with Crippen LogP contribution in [-0.4, -0.2) is 41.8 Å². The van der Waals surface area contributed by atoms with Crippen molar-refractivity contribution in [2.24, 2.45) is 5.73 Å². The average molecular weight is 264 g/mol. The smallest absolute Gasteiger partial charge is 0.0916 e. The van der Waals surface area contributed by atoms with E-state index >= 15 is 0 Å². The number of benzene rings is 1. The summed E-state index contributed by atoms with van der Waals surface area (Å²) in [6.45, 7) is 7.09. The zero-order valence-electron chi connectivity index (χ0n) is 11.7. The molecule has 2 rings (SSSR count). The molecule has 0 saturated carbocycles. The van der Waals surface area contributed by atoms with E-state index in [9.17, 15) is 5.11 Å². The quantitative estimate of drug-likeness (QED) is 0.860. The number of hydrogen-bond acceptors (Lipinski definition) is 4. The molecular weight excluding hydrogens is 240 g/mol. The van der Waals surface area contributed by atoms with Crippen molar-refractivity contribution in [2.45, 2.75) is 38.7 Å². The molecule has 1 aromatic carbocycles. The predicted molar refractivity (Wildman–Crippen MR) is 75.7 cm³/mol. The van der Waals surface area contributed by atoms with E-state index in [1.807, 2.05) is 24.3 Å². The molecule has 1 saturated heterocycles. The molecule has 0 radical (unpaired) electrons. The maximum atomic E-state index is 10.3. The molecule has 1 fully saturated rings. The van der Waals surface area contributed by atoms with Crippen LogP contribution in [-0.2, 0) is 11.3 Å². The summed E-state index contributed by atoms with van der Waals surface area (Å²) in [5, 5.41) is 10.3. The van der Waals surface area contributed by atoms with Crippen LogP contribution in [0.25, 0.3) is 0 Å². The molecule has 0 amide bonds. The van der Waals surface area contributed by atoms with Crippen molar-refractivity contribution in [3.63, 3.8) is 0 Å². The molecule has 4 nitrogen and oxygen atoms in total. The van der Waals surface area contributed by atoms with Crippen molar-refractivity contribution in [1.82, 2.24) is 4.90 Å². The lowest BCUT2D eigenvalue weighted by Gasteiger charge is -2.36. The van der Waals surface area contributed by atoms with Crippen LogP contribution in [0.5, 0.6) is 0 Å². The molecule has 4 heteroatoms. The molecule has 1 unspecified atom stereocenters. The van der Waals surface area contributed by atoms with Crippen molar-refractivity contribution in [3.8, 4) is 0 Å². The third-order valence-electron chi connectivity index (χ3n) is 3.53. The molecule has 106 valence electrons. The summed E-state index contributed by atoms with van der Waals surface area (Å²) in [4.78, 5) is 2.26. The highest BCUT2D eigenvalue weighted by molar-refractivity contribution is 5.24. The van der Waals surface area contributed by atoms with E-state index in [1.165, 1.54) is 0 Å². The summed E-state index contributed by atoms with van der Waals surface area (Å²) in [5.74, 6) is 0. The van der Waals surface area contributed by atoms with Gasteiger partial charge in [0.2, 0.25) is 0 Å². The number of rotatable bonds is 4. The van der Waals surface area contributed by atoms with Gasteiger partial charge in [-0.15, -0.1) is 0 Å². The van der Waals surface area contributed by atoms with Gasteiger partial charge in [0.05, 0.1) is 18.3 Å². The molecule has 3 atom stereocenters. The van der Waals surface area contributed by atoms with Gasteiger partial charge in [-0.1, -0.05) is 24.3 Å². The van der Waals surface area contributed by atoms with E-state index in [4.69, 9.17) is 10.5 Å². The van der Waals surface area contributed by atoms with Crippen molar-refractivity contribution in [3.05, 3.63) is 35.4 Å². The van der Waals surface area contributed by atoms with Crippen LogP contribution in [0.15, 0.2) is 24.3 Å². The molecule has 1 aromatic rings. The Morgan fingerprint density at radius 2 is 1.84 bits per heavy atom. The molecule has 1 aliphatic rings. The molecule has 0 aromatic heterocycles. The first-order valence-corrected chi connectivity index (χ1v) is 6.93. The van der Waals surface area contributed by atoms with Gasteiger partial charge in [-0.3, -0.25) is 4.90 Å². The first-order chi connectivity index (χ1) is 9.08. The molecule has 0 bridgehead atoms. The van der Waals surface area contributed by atoms with E-state index < -0.39 is 6.10 Å². The second-order valence-corrected chi connectivity index (χ2v) is 5.44. The number of morpholine rings is 1. The number of nitrogens with zero attached hydrogens (tertiary/aromatic N) is 1. The van der Waals surface area contributed by atoms with Crippen LogP contribution in [0.2, 0.25) is 0 Å². The lowest BCUT2D eigenvalue weighted by atomic mass is 10.1. The summed E-state index contributed by atoms with van der Waals surface area (Å²) in [6, 6.07) is 7.87. The van der Waals surface area contributed by atoms with Gasteiger partial charge in [0.25, 0.3) is 0 Å². The van der Waals surface area contributed by atoms with Gasteiger partial charge in [0, 0.05) is 26.2 Å². The van der Waals surface area contributed by atoms with Crippen LogP contribution < -0.4 is 5.73 Å². The number of ether oxygens (including phenoxy) is 1. The van der Waals surface area contributed by atoms with Crippen LogP contribution in [0.4, 0.5) is 0 Å². The highest BCUT2D eigenvalue weighted by Crippen LogP contribution is 2.18. The summed E-state index contributed by atoms with van der Waals surface area (Å²) < 4.78 is 5.70. The minimum absolute atomic E-state index is 0.232. The Kier molecular flexibility index (Phi) is 4.93. The Bertz CT molecular complexity index is 384. The lowest BCUT2D eigenvalue weighted by molar-refractivity contribution is -0.0767. The average Bonchev–Trinajstić information content (AvgIpc) is 2.37. The summed E-state index contributed by atoms with van der Waals surface area (Å²) in [6.07, 6.45) is 0.00968. The number of hydrogen-bond donors (Lipinski definition) is 2. The third kappa shape index (κ3) is 4.01. The predicted octanol–water partition coefficient (Wildman–Crippen LogP) is 1.29. The number of aliphatic hydroxyl groups excluding tert-OH is 1. The third-order valence-corrected chi connectivity index (χ3v) is 3.53. The first-order valence-electron chi connectivity index (χ1n) is 6.93. The fourth-order valence-corrected chi connectivity index (χ4v) is 2.66. The summed E-state index contributed by atoms with van der Waals surface area (Å²) in [5.41, 5.74) is 7.61. The Balaban J connectivity index is 1.93. The molecule has 1 aliphatic heterocycles. The van der Waals surface area contributed by atoms with Gasteiger partial charge in [-0.05, 0) is 25.0 Å². The second-order valence-electron chi connectivity index (χ2n) is 5.44. The fourth-order valence-electron chi connectivity index (χ4n) is 2.66. The van der Waals surface area contributed by atoms with Crippen molar-refractivity contribution >= 4 is 0 Å². The SMILES string of the molecule is C[C@@H]1CN(CC(O)c2ccc(CN)cc2)C[C@H](C)O1. The van der Waals surface area contributed by atoms with Crippen molar-refractivity contribution in [1.29, 1.82) is 0 Å². The van der Waals surface area contributed by atoms with Crippen LogP contribution >= 0.6 is 0 Å². The minimum Gasteiger partial charge on any atom is -0.387 e. The Labute approximate surface area is 115 Å². The maximum Gasteiger partial charge on any atom is 0.0916 e. The van der Waals surface area contributed by atoms with Gasteiger partial charge in [0.1, 0.15) is 0 Å². The van der Waals surface area contributed by atoms with Crippen LogP contribution in [0, 0.1) is 0 Å². The summed E-state index contributed by atoms with van der Waals surface area (Å²) >= 11 is 0. The Morgan fingerprint density at radius 1 is 1.26 bits per heavy atom. The van der Waals surface area contributed by atoms with Crippen molar-refractivity contribution in [2.75, 3.05) is 19.6 Å². The molecule has 0 aliphatic carbocycles. The van der Waals surface area contributed by atoms with Gasteiger partial charge in [-0.2, -0.15) is 0 Å². The van der Waals surface area contributed by atoms with E-state index in [0.29, 0.717) is 13.1 Å². The van der Waals surface area contributed by atoms with Crippen LogP contribution in [0.3, 0.4) is 0 Å². The van der Waals surface area contributed by atoms with E-state index in [-0.39, 0.29) is 12.2 Å². The molecule has 3 N–H and O–H groups in total. The second kappa shape index (κ2) is 6.48. The zero-order valence-corrected chi connectivity index (χ0v) is 11.7. The minimum atomic E-state index is -0.454. The Hall–Kier alpha value is -0.940. The topological polar surface area (TPSA) is 58.7 Å². The molecule has 19 heavy (non-hydrogen) atoms. The first kappa shape index (κ1) is 14.5. The fraction of sp³-hybridized carbons (Fsp3) is 0.600. The maximum absolute atomic E-state index is 10.3. The monoisotopic (exact) mass is 264 g/mol. The highest BCUT2D eigenvalue weighted by atomic mass is 16.5. The lowest BCUT2D eigenvalue weighted by Crippen LogP contribution is -2.46. The van der Waals surface area contributed by atoms with Gasteiger partial charge in [-0.25, -0.2) is 0 Å². The van der Waals surface area contributed by atoms with Gasteiger partial charge >= 0.3 is 0 Å².